The van der Waals surface area contributed by atoms with Gasteiger partial charge in [-0.15, -0.1) is 0 Å². The summed E-state index contributed by atoms with van der Waals surface area (Å²) >= 11 is 0. The predicted octanol–water partition coefficient (Wildman–Crippen LogP) is 2.84. The van der Waals surface area contributed by atoms with Gasteiger partial charge in [-0.2, -0.15) is 0 Å². The van der Waals surface area contributed by atoms with Gasteiger partial charge in [-0.3, -0.25) is 4.98 Å². The van der Waals surface area contributed by atoms with E-state index in [0.29, 0.717) is 6.61 Å². The van der Waals surface area contributed by atoms with Crippen molar-refractivity contribution >= 4 is 0 Å². The normalized spacial score (nSPS) is 12.2. The third-order valence-corrected chi connectivity index (χ3v) is 2.83. The molecule has 18 heavy (non-hydrogen) atoms. The predicted molar refractivity (Wildman–Crippen MR) is 72.6 cm³/mol. The highest BCUT2D eigenvalue weighted by atomic mass is 16.5. The Labute approximate surface area is 108 Å². The summed E-state index contributed by atoms with van der Waals surface area (Å²) in [4.78, 5) is 4.18. The first-order valence-electron chi connectivity index (χ1n) is 6.11. The first-order valence-corrected chi connectivity index (χ1v) is 6.11. The number of aromatic nitrogens is 1. The molecule has 0 amide bonds. The van der Waals surface area contributed by atoms with E-state index in [2.05, 4.69) is 4.98 Å². The van der Waals surface area contributed by atoms with E-state index in [0.717, 1.165) is 22.6 Å². The summed E-state index contributed by atoms with van der Waals surface area (Å²) in [5, 5.41) is 0. The lowest BCUT2D eigenvalue weighted by Gasteiger charge is -2.13. The number of hydrogen-bond donors (Lipinski definition) is 1. The van der Waals surface area contributed by atoms with Crippen molar-refractivity contribution in [2.45, 2.75) is 19.9 Å². The van der Waals surface area contributed by atoms with Crippen LogP contribution < -0.4 is 10.5 Å². The summed E-state index contributed by atoms with van der Waals surface area (Å²) < 4.78 is 5.41. The minimum Gasteiger partial charge on any atom is -0.494 e. The van der Waals surface area contributed by atoms with E-state index in [1.54, 1.807) is 6.20 Å². The molecule has 1 aromatic heterocycles. The van der Waals surface area contributed by atoms with Crippen LogP contribution in [0.15, 0.2) is 42.6 Å². The second kappa shape index (κ2) is 5.65. The summed E-state index contributed by atoms with van der Waals surface area (Å²) in [6.45, 7) is 4.61. The standard InChI is InChI=1S/C15H18N2O/c1-3-18-14-6-4-12(5-7-14)15(16)13-8-9-17-11(2)10-13/h4-10,15H,3,16H2,1-2H3. The molecule has 2 rings (SSSR count). The van der Waals surface area contributed by atoms with Crippen LogP contribution in [0, 0.1) is 6.92 Å². The van der Waals surface area contributed by atoms with Crippen LogP contribution in [0.25, 0.3) is 0 Å². The largest absolute Gasteiger partial charge is 0.494 e. The number of ether oxygens (including phenoxy) is 1. The molecule has 0 aliphatic rings. The topological polar surface area (TPSA) is 48.1 Å². The van der Waals surface area contributed by atoms with E-state index in [9.17, 15) is 0 Å². The second-order valence-electron chi connectivity index (χ2n) is 4.21. The first kappa shape index (κ1) is 12.6. The molecule has 0 aliphatic carbocycles. The van der Waals surface area contributed by atoms with Crippen LogP contribution >= 0.6 is 0 Å². The summed E-state index contributed by atoms with van der Waals surface area (Å²) in [6, 6.07) is 11.8. The number of pyridine rings is 1. The second-order valence-corrected chi connectivity index (χ2v) is 4.21. The quantitative estimate of drug-likeness (QED) is 0.896. The Morgan fingerprint density at radius 3 is 2.50 bits per heavy atom. The molecular formula is C15H18N2O. The molecule has 0 spiro atoms. The van der Waals surface area contributed by atoms with E-state index in [4.69, 9.17) is 10.5 Å². The Balaban J connectivity index is 2.20. The van der Waals surface area contributed by atoms with Crippen molar-refractivity contribution in [2.75, 3.05) is 6.61 Å². The zero-order valence-electron chi connectivity index (χ0n) is 10.8. The SMILES string of the molecule is CCOc1ccc(C(N)c2ccnc(C)c2)cc1. The van der Waals surface area contributed by atoms with E-state index in [-0.39, 0.29) is 6.04 Å². The van der Waals surface area contributed by atoms with Crippen molar-refractivity contribution in [3.8, 4) is 5.75 Å². The summed E-state index contributed by atoms with van der Waals surface area (Å²) in [7, 11) is 0. The molecule has 2 aromatic rings. The minimum absolute atomic E-state index is 0.123. The molecule has 2 N–H and O–H groups in total. The average Bonchev–Trinajstić information content (AvgIpc) is 2.39. The number of aryl methyl sites for hydroxylation is 1. The van der Waals surface area contributed by atoms with E-state index >= 15 is 0 Å². The van der Waals surface area contributed by atoms with Gasteiger partial charge in [-0.1, -0.05) is 12.1 Å². The van der Waals surface area contributed by atoms with Crippen molar-refractivity contribution in [2.24, 2.45) is 5.73 Å². The van der Waals surface area contributed by atoms with E-state index < -0.39 is 0 Å². The van der Waals surface area contributed by atoms with Gasteiger partial charge in [0.2, 0.25) is 0 Å². The molecule has 0 saturated heterocycles. The van der Waals surface area contributed by atoms with Crippen molar-refractivity contribution in [3.05, 3.63) is 59.4 Å². The van der Waals surface area contributed by atoms with Crippen molar-refractivity contribution in [3.63, 3.8) is 0 Å². The van der Waals surface area contributed by atoms with Crippen LogP contribution in [0.3, 0.4) is 0 Å². The number of nitrogens with two attached hydrogens (primary N) is 1. The molecule has 3 nitrogen and oxygen atoms in total. The number of rotatable bonds is 4. The molecule has 0 aliphatic heterocycles. The Morgan fingerprint density at radius 2 is 1.89 bits per heavy atom. The number of nitrogens with zero attached hydrogens (tertiary/aromatic N) is 1. The van der Waals surface area contributed by atoms with E-state index in [1.807, 2.05) is 50.2 Å². The van der Waals surface area contributed by atoms with Gasteiger partial charge in [0.25, 0.3) is 0 Å². The van der Waals surface area contributed by atoms with Crippen LogP contribution in [-0.2, 0) is 0 Å². The van der Waals surface area contributed by atoms with Crippen LogP contribution in [0.4, 0.5) is 0 Å². The summed E-state index contributed by atoms with van der Waals surface area (Å²) in [5.74, 6) is 0.874. The lowest BCUT2D eigenvalue weighted by molar-refractivity contribution is 0.340. The fraction of sp³-hybridized carbons (Fsp3) is 0.267. The Hall–Kier alpha value is -1.87. The zero-order valence-corrected chi connectivity index (χ0v) is 10.8. The molecule has 0 fully saturated rings. The fourth-order valence-electron chi connectivity index (χ4n) is 1.89. The molecule has 1 atom stereocenters. The van der Waals surface area contributed by atoms with Crippen LogP contribution in [0.2, 0.25) is 0 Å². The molecule has 0 bridgehead atoms. The van der Waals surface area contributed by atoms with Crippen molar-refractivity contribution in [1.29, 1.82) is 0 Å². The number of benzene rings is 1. The molecule has 1 aromatic carbocycles. The lowest BCUT2D eigenvalue weighted by atomic mass is 10.00. The highest BCUT2D eigenvalue weighted by Crippen LogP contribution is 2.22. The van der Waals surface area contributed by atoms with Gasteiger partial charge in [0.05, 0.1) is 12.6 Å². The smallest absolute Gasteiger partial charge is 0.119 e. The maximum atomic E-state index is 6.24. The monoisotopic (exact) mass is 242 g/mol. The highest BCUT2D eigenvalue weighted by molar-refractivity contribution is 5.35. The van der Waals surface area contributed by atoms with Gasteiger partial charge in [-0.25, -0.2) is 0 Å². The van der Waals surface area contributed by atoms with Gasteiger partial charge < -0.3 is 10.5 Å². The molecule has 3 heteroatoms. The zero-order chi connectivity index (χ0) is 13.0. The Morgan fingerprint density at radius 1 is 1.17 bits per heavy atom. The third-order valence-electron chi connectivity index (χ3n) is 2.83. The average molecular weight is 242 g/mol. The minimum atomic E-state index is -0.123. The maximum absolute atomic E-state index is 6.24. The lowest BCUT2D eigenvalue weighted by Crippen LogP contribution is -2.12. The van der Waals surface area contributed by atoms with Crippen molar-refractivity contribution in [1.82, 2.24) is 4.98 Å². The van der Waals surface area contributed by atoms with Gasteiger partial charge in [0.1, 0.15) is 5.75 Å². The van der Waals surface area contributed by atoms with Crippen molar-refractivity contribution < 1.29 is 4.74 Å². The Kier molecular flexibility index (Phi) is 3.95. The van der Waals surface area contributed by atoms with Gasteiger partial charge >= 0.3 is 0 Å². The van der Waals surface area contributed by atoms with Crippen LogP contribution in [-0.4, -0.2) is 11.6 Å². The molecule has 1 heterocycles. The van der Waals surface area contributed by atoms with Gasteiger partial charge in [-0.05, 0) is 49.2 Å². The first-order chi connectivity index (χ1) is 8.70. The number of hydrogen-bond acceptors (Lipinski definition) is 3. The van der Waals surface area contributed by atoms with Gasteiger partial charge in [0, 0.05) is 11.9 Å². The van der Waals surface area contributed by atoms with E-state index in [1.165, 1.54) is 0 Å². The molecular weight excluding hydrogens is 224 g/mol. The maximum Gasteiger partial charge on any atom is 0.119 e. The van der Waals surface area contributed by atoms with Crippen LogP contribution in [0.1, 0.15) is 29.8 Å². The molecule has 1 unspecified atom stereocenters. The molecule has 0 radical (unpaired) electrons. The summed E-state index contributed by atoms with van der Waals surface area (Å²) in [5.41, 5.74) is 9.37. The highest BCUT2D eigenvalue weighted by Gasteiger charge is 2.09. The fourth-order valence-corrected chi connectivity index (χ4v) is 1.89. The Bertz CT molecular complexity index is 508. The molecule has 94 valence electrons. The third kappa shape index (κ3) is 2.87. The molecule has 0 saturated carbocycles. The van der Waals surface area contributed by atoms with Gasteiger partial charge in [0.15, 0.2) is 0 Å². The summed E-state index contributed by atoms with van der Waals surface area (Å²) in [6.07, 6.45) is 1.79. The van der Waals surface area contributed by atoms with Crippen LogP contribution in [0.5, 0.6) is 5.75 Å².